The molecule has 1 aromatic rings. The highest BCUT2D eigenvalue weighted by Crippen LogP contribution is 2.33. The van der Waals surface area contributed by atoms with E-state index in [0.717, 1.165) is 22.9 Å². The molecule has 0 unspecified atom stereocenters. The normalized spacial score (nSPS) is 15.4. The minimum Gasteiger partial charge on any atom is -0.355 e. The van der Waals surface area contributed by atoms with Crippen molar-refractivity contribution in [3.63, 3.8) is 0 Å². The van der Waals surface area contributed by atoms with Gasteiger partial charge in [-0.25, -0.2) is 4.98 Å². The standard InChI is InChI=1S/C13H20ClN3/c1-9(2)15-7-10-6-12(14)13(16-8-10)17(3)11-4-5-11/h6,8-9,11,15H,4-5,7H2,1-3H3. The summed E-state index contributed by atoms with van der Waals surface area (Å²) in [5, 5.41) is 4.11. The summed E-state index contributed by atoms with van der Waals surface area (Å²) in [6, 6.07) is 3.13. The Morgan fingerprint density at radius 3 is 2.76 bits per heavy atom. The number of pyridine rings is 1. The molecular weight excluding hydrogens is 234 g/mol. The second kappa shape index (κ2) is 5.23. The Kier molecular flexibility index (Phi) is 3.89. The van der Waals surface area contributed by atoms with Crippen molar-refractivity contribution in [2.24, 2.45) is 0 Å². The number of aromatic nitrogens is 1. The Bertz CT molecular complexity index is 388. The van der Waals surface area contributed by atoms with Crippen molar-refractivity contribution in [2.45, 2.75) is 45.3 Å². The lowest BCUT2D eigenvalue weighted by Gasteiger charge is -2.19. The van der Waals surface area contributed by atoms with Crippen molar-refractivity contribution in [1.29, 1.82) is 0 Å². The minimum atomic E-state index is 0.475. The van der Waals surface area contributed by atoms with Crippen LogP contribution in [0.4, 0.5) is 5.82 Å². The molecule has 0 aliphatic heterocycles. The van der Waals surface area contributed by atoms with Gasteiger partial charge < -0.3 is 10.2 Å². The van der Waals surface area contributed by atoms with Crippen LogP contribution in [0.3, 0.4) is 0 Å². The molecule has 1 aliphatic rings. The molecule has 4 heteroatoms. The molecule has 1 N–H and O–H groups in total. The molecule has 1 heterocycles. The van der Waals surface area contributed by atoms with Gasteiger partial charge in [-0.2, -0.15) is 0 Å². The Hall–Kier alpha value is -0.800. The third-order valence-electron chi connectivity index (χ3n) is 3.02. The highest BCUT2D eigenvalue weighted by atomic mass is 35.5. The lowest BCUT2D eigenvalue weighted by molar-refractivity contribution is 0.588. The average molecular weight is 254 g/mol. The molecule has 0 saturated heterocycles. The number of hydrogen-bond acceptors (Lipinski definition) is 3. The van der Waals surface area contributed by atoms with E-state index in [9.17, 15) is 0 Å². The quantitative estimate of drug-likeness (QED) is 0.875. The monoisotopic (exact) mass is 253 g/mol. The summed E-state index contributed by atoms with van der Waals surface area (Å²) in [7, 11) is 2.07. The number of rotatable bonds is 5. The van der Waals surface area contributed by atoms with Gasteiger partial charge in [0.25, 0.3) is 0 Å². The maximum absolute atomic E-state index is 6.28. The van der Waals surface area contributed by atoms with Crippen molar-refractivity contribution in [1.82, 2.24) is 10.3 Å². The van der Waals surface area contributed by atoms with E-state index in [2.05, 4.69) is 36.1 Å². The predicted octanol–water partition coefficient (Wildman–Crippen LogP) is 2.83. The van der Waals surface area contributed by atoms with Crippen LogP contribution >= 0.6 is 11.6 Å². The van der Waals surface area contributed by atoms with E-state index >= 15 is 0 Å². The topological polar surface area (TPSA) is 28.2 Å². The maximum Gasteiger partial charge on any atom is 0.147 e. The number of hydrogen-bond donors (Lipinski definition) is 1. The van der Waals surface area contributed by atoms with Crippen LogP contribution < -0.4 is 10.2 Å². The van der Waals surface area contributed by atoms with Crippen LogP contribution in [-0.4, -0.2) is 24.1 Å². The molecule has 2 rings (SSSR count). The van der Waals surface area contributed by atoms with Gasteiger partial charge in [-0.15, -0.1) is 0 Å². The van der Waals surface area contributed by atoms with Crippen LogP contribution in [0.5, 0.6) is 0 Å². The lowest BCUT2D eigenvalue weighted by atomic mass is 10.2. The zero-order valence-corrected chi connectivity index (χ0v) is 11.5. The maximum atomic E-state index is 6.28. The Labute approximate surface area is 108 Å². The molecular formula is C13H20ClN3. The third kappa shape index (κ3) is 3.33. The summed E-state index contributed by atoms with van der Waals surface area (Å²) in [6.07, 6.45) is 4.42. The molecule has 1 aromatic heterocycles. The average Bonchev–Trinajstić information content (AvgIpc) is 3.09. The lowest BCUT2D eigenvalue weighted by Crippen LogP contribution is -2.23. The molecule has 0 aromatic carbocycles. The van der Waals surface area contributed by atoms with Gasteiger partial charge in [0.1, 0.15) is 5.82 Å². The fourth-order valence-corrected chi connectivity index (χ4v) is 2.11. The highest BCUT2D eigenvalue weighted by Gasteiger charge is 2.28. The van der Waals surface area contributed by atoms with Gasteiger partial charge in [-0.3, -0.25) is 0 Å². The van der Waals surface area contributed by atoms with Gasteiger partial charge in [0.05, 0.1) is 5.02 Å². The van der Waals surface area contributed by atoms with Crippen LogP contribution in [0.1, 0.15) is 32.3 Å². The first kappa shape index (κ1) is 12.7. The van der Waals surface area contributed by atoms with Crippen LogP contribution in [0.15, 0.2) is 12.3 Å². The molecule has 17 heavy (non-hydrogen) atoms. The van der Waals surface area contributed by atoms with Gasteiger partial charge >= 0.3 is 0 Å². The van der Waals surface area contributed by atoms with E-state index in [1.807, 2.05) is 12.3 Å². The smallest absolute Gasteiger partial charge is 0.147 e. The van der Waals surface area contributed by atoms with Gasteiger partial charge in [-0.05, 0) is 24.5 Å². The summed E-state index contributed by atoms with van der Waals surface area (Å²) in [5.74, 6) is 0.905. The van der Waals surface area contributed by atoms with Crippen molar-refractivity contribution in [2.75, 3.05) is 11.9 Å². The fraction of sp³-hybridized carbons (Fsp3) is 0.615. The molecule has 1 fully saturated rings. The number of nitrogens with one attached hydrogen (secondary N) is 1. The first-order valence-corrected chi connectivity index (χ1v) is 6.56. The van der Waals surface area contributed by atoms with E-state index in [-0.39, 0.29) is 0 Å². The molecule has 0 amide bonds. The first-order valence-electron chi connectivity index (χ1n) is 6.18. The zero-order chi connectivity index (χ0) is 12.4. The molecule has 1 aliphatic carbocycles. The molecule has 0 radical (unpaired) electrons. The van der Waals surface area contributed by atoms with E-state index in [4.69, 9.17) is 11.6 Å². The van der Waals surface area contributed by atoms with Crippen molar-refractivity contribution >= 4 is 17.4 Å². The van der Waals surface area contributed by atoms with Crippen molar-refractivity contribution in [3.8, 4) is 0 Å². The summed E-state index contributed by atoms with van der Waals surface area (Å²) in [6.45, 7) is 5.08. The second-order valence-corrected chi connectivity index (χ2v) is 5.43. The van der Waals surface area contributed by atoms with E-state index in [1.165, 1.54) is 12.8 Å². The summed E-state index contributed by atoms with van der Waals surface area (Å²) >= 11 is 6.28. The number of halogens is 1. The molecule has 94 valence electrons. The molecule has 1 saturated carbocycles. The number of anilines is 1. The van der Waals surface area contributed by atoms with Crippen LogP contribution in [-0.2, 0) is 6.54 Å². The minimum absolute atomic E-state index is 0.475. The van der Waals surface area contributed by atoms with Crippen LogP contribution in [0.2, 0.25) is 5.02 Å². The highest BCUT2D eigenvalue weighted by molar-refractivity contribution is 6.33. The fourth-order valence-electron chi connectivity index (χ4n) is 1.78. The summed E-state index contributed by atoms with van der Waals surface area (Å²) in [5.41, 5.74) is 1.14. The van der Waals surface area contributed by atoms with E-state index in [0.29, 0.717) is 12.1 Å². The molecule has 0 bridgehead atoms. The predicted molar refractivity (Wildman–Crippen MR) is 72.6 cm³/mol. The largest absolute Gasteiger partial charge is 0.355 e. The third-order valence-corrected chi connectivity index (χ3v) is 3.30. The zero-order valence-electron chi connectivity index (χ0n) is 10.7. The van der Waals surface area contributed by atoms with Gasteiger partial charge in [0, 0.05) is 31.9 Å². The van der Waals surface area contributed by atoms with Crippen molar-refractivity contribution in [3.05, 3.63) is 22.8 Å². The SMILES string of the molecule is CC(C)NCc1cnc(N(C)C2CC2)c(Cl)c1. The Balaban J connectivity index is 2.05. The van der Waals surface area contributed by atoms with Crippen molar-refractivity contribution < 1.29 is 0 Å². The van der Waals surface area contributed by atoms with Crippen LogP contribution in [0, 0.1) is 0 Å². The van der Waals surface area contributed by atoms with Crippen LogP contribution in [0.25, 0.3) is 0 Å². The first-order chi connectivity index (χ1) is 8.08. The Morgan fingerprint density at radius 1 is 1.53 bits per heavy atom. The Morgan fingerprint density at radius 2 is 2.24 bits per heavy atom. The summed E-state index contributed by atoms with van der Waals surface area (Å²) < 4.78 is 0. The van der Waals surface area contributed by atoms with Gasteiger partial charge in [0.2, 0.25) is 0 Å². The van der Waals surface area contributed by atoms with Gasteiger partial charge in [0.15, 0.2) is 0 Å². The van der Waals surface area contributed by atoms with E-state index in [1.54, 1.807) is 0 Å². The molecule has 0 atom stereocenters. The van der Waals surface area contributed by atoms with E-state index < -0.39 is 0 Å². The molecule has 3 nitrogen and oxygen atoms in total. The number of nitrogens with zero attached hydrogens (tertiary/aromatic N) is 2. The molecule has 0 spiro atoms. The van der Waals surface area contributed by atoms with Gasteiger partial charge in [-0.1, -0.05) is 25.4 Å². The summed E-state index contributed by atoms with van der Waals surface area (Å²) in [4.78, 5) is 6.65. The second-order valence-electron chi connectivity index (χ2n) is 5.03.